The number of aliphatic hydroxyl groups excluding tert-OH is 2. The van der Waals surface area contributed by atoms with Crippen molar-refractivity contribution in [2.24, 2.45) is 0 Å². The second-order valence-corrected chi connectivity index (χ2v) is 3.12. The lowest BCUT2D eigenvalue weighted by molar-refractivity contribution is -0.148. The third-order valence-corrected chi connectivity index (χ3v) is 2.07. The molecule has 5 nitrogen and oxygen atoms in total. The Morgan fingerprint density at radius 2 is 2.38 bits per heavy atom. The van der Waals surface area contributed by atoms with Crippen molar-refractivity contribution in [1.29, 1.82) is 0 Å². The highest BCUT2D eigenvalue weighted by Crippen LogP contribution is 2.39. The fourth-order valence-corrected chi connectivity index (χ4v) is 1.21. The minimum Gasteiger partial charge on any atom is -0.464 e. The summed E-state index contributed by atoms with van der Waals surface area (Å²) < 4.78 is 9.72. The van der Waals surface area contributed by atoms with Gasteiger partial charge in [0.25, 0.3) is 0 Å². The molecule has 0 aromatic carbocycles. The summed E-state index contributed by atoms with van der Waals surface area (Å²) >= 11 is 0. The smallest absolute Gasteiger partial charge is 0.340 e. The van der Waals surface area contributed by atoms with E-state index in [-0.39, 0.29) is 6.61 Å². The van der Waals surface area contributed by atoms with Crippen LogP contribution in [0.15, 0.2) is 0 Å². The van der Waals surface area contributed by atoms with Gasteiger partial charge >= 0.3 is 5.97 Å². The molecule has 1 saturated heterocycles. The van der Waals surface area contributed by atoms with E-state index in [0.29, 0.717) is 0 Å². The van der Waals surface area contributed by atoms with Crippen LogP contribution in [0.3, 0.4) is 0 Å². The highest BCUT2D eigenvalue weighted by molar-refractivity contribution is 5.83. The zero-order chi connectivity index (χ0) is 10.1. The molecule has 0 aliphatic carbocycles. The summed E-state index contributed by atoms with van der Waals surface area (Å²) in [7, 11) is 0. The molecule has 0 aromatic rings. The van der Waals surface area contributed by atoms with E-state index in [0.717, 1.165) is 0 Å². The summed E-state index contributed by atoms with van der Waals surface area (Å²) in [6.45, 7) is 3.09. The second-order valence-electron chi connectivity index (χ2n) is 3.12. The summed E-state index contributed by atoms with van der Waals surface area (Å²) in [4.78, 5) is 11.2. The zero-order valence-electron chi connectivity index (χ0n) is 7.69. The summed E-state index contributed by atoms with van der Waals surface area (Å²) in [5.41, 5.74) is -1.07. The molecule has 1 aliphatic rings. The Hall–Kier alpha value is -0.650. The number of carbonyl (C=O) groups is 1. The Labute approximate surface area is 76.3 Å². The summed E-state index contributed by atoms with van der Waals surface area (Å²) in [5, 5.41) is 17.8. The monoisotopic (exact) mass is 190 g/mol. The van der Waals surface area contributed by atoms with E-state index in [2.05, 4.69) is 0 Å². The molecule has 13 heavy (non-hydrogen) atoms. The van der Waals surface area contributed by atoms with Gasteiger partial charge in [-0.15, -0.1) is 0 Å². The highest BCUT2D eigenvalue weighted by Gasteiger charge is 2.62. The van der Waals surface area contributed by atoms with Crippen LogP contribution < -0.4 is 0 Å². The van der Waals surface area contributed by atoms with Crippen molar-refractivity contribution in [3.63, 3.8) is 0 Å². The van der Waals surface area contributed by atoms with E-state index >= 15 is 0 Å². The number of ether oxygens (including phenoxy) is 2. The zero-order valence-corrected chi connectivity index (χ0v) is 7.69. The molecular formula is C8H14O5. The predicted molar refractivity (Wildman–Crippen MR) is 43.0 cm³/mol. The van der Waals surface area contributed by atoms with Gasteiger partial charge in [-0.2, -0.15) is 0 Å². The summed E-state index contributed by atoms with van der Waals surface area (Å²) in [6.07, 6.45) is -1.66. The van der Waals surface area contributed by atoms with Crippen molar-refractivity contribution in [3.05, 3.63) is 0 Å². The fraction of sp³-hybridized carbons (Fsp3) is 0.875. The van der Waals surface area contributed by atoms with Crippen LogP contribution in [0.25, 0.3) is 0 Å². The van der Waals surface area contributed by atoms with Crippen molar-refractivity contribution in [3.8, 4) is 0 Å². The first-order chi connectivity index (χ1) is 6.06. The number of hydrogen-bond acceptors (Lipinski definition) is 5. The highest BCUT2D eigenvalue weighted by atomic mass is 16.7. The lowest BCUT2D eigenvalue weighted by atomic mass is 10.0. The van der Waals surface area contributed by atoms with Crippen LogP contribution in [0.4, 0.5) is 0 Å². The van der Waals surface area contributed by atoms with E-state index < -0.39 is 30.4 Å². The summed E-state index contributed by atoms with van der Waals surface area (Å²) in [5.74, 6) is -0.493. The normalized spacial score (nSPS) is 34.0. The fourth-order valence-electron chi connectivity index (χ4n) is 1.21. The average molecular weight is 190 g/mol. The molecule has 2 N–H and O–H groups in total. The molecule has 0 bridgehead atoms. The largest absolute Gasteiger partial charge is 0.464 e. The van der Waals surface area contributed by atoms with Crippen LogP contribution in [0, 0.1) is 0 Å². The van der Waals surface area contributed by atoms with E-state index in [9.17, 15) is 4.79 Å². The van der Waals surface area contributed by atoms with E-state index in [1.165, 1.54) is 6.92 Å². The topological polar surface area (TPSA) is 79.3 Å². The van der Waals surface area contributed by atoms with Gasteiger partial charge in [-0.25, -0.2) is 4.79 Å². The molecule has 0 spiro atoms. The molecule has 0 aromatic heterocycles. The third kappa shape index (κ3) is 1.82. The minimum atomic E-state index is -1.07. The molecule has 1 unspecified atom stereocenters. The van der Waals surface area contributed by atoms with Gasteiger partial charge in [0, 0.05) is 0 Å². The third-order valence-electron chi connectivity index (χ3n) is 2.07. The van der Waals surface area contributed by atoms with E-state index in [4.69, 9.17) is 19.7 Å². The predicted octanol–water partition coefficient (Wildman–Crippen LogP) is -0.940. The molecule has 0 radical (unpaired) electrons. The number of carbonyl (C=O) groups excluding carboxylic acids is 1. The van der Waals surface area contributed by atoms with Crippen LogP contribution in [-0.2, 0) is 14.3 Å². The van der Waals surface area contributed by atoms with Crippen LogP contribution in [0.2, 0.25) is 0 Å². The Kier molecular flexibility index (Phi) is 2.90. The first kappa shape index (κ1) is 10.4. The van der Waals surface area contributed by atoms with Gasteiger partial charge in [-0.3, -0.25) is 0 Å². The lowest BCUT2D eigenvalue weighted by Crippen LogP contribution is -2.32. The Morgan fingerprint density at radius 3 is 2.85 bits per heavy atom. The van der Waals surface area contributed by atoms with Crippen LogP contribution >= 0.6 is 0 Å². The van der Waals surface area contributed by atoms with Crippen molar-refractivity contribution in [2.75, 3.05) is 13.2 Å². The Bertz CT molecular complexity index is 205. The minimum absolute atomic E-state index is 0.278. The molecule has 1 fully saturated rings. The van der Waals surface area contributed by atoms with Gasteiger partial charge < -0.3 is 19.7 Å². The maximum atomic E-state index is 11.2. The second kappa shape index (κ2) is 3.61. The van der Waals surface area contributed by atoms with Gasteiger partial charge in [0.2, 0.25) is 0 Å². The van der Waals surface area contributed by atoms with Crippen LogP contribution in [-0.4, -0.2) is 47.2 Å². The number of esters is 1. The molecule has 3 atom stereocenters. The van der Waals surface area contributed by atoms with Gasteiger partial charge in [0.15, 0.2) is 5.60 Å². The summed E-state index contributed by atoms with van der Waals surface area (Å²) in [6, 6.07) is 0. The number of epoxide rings is 1. The SMILES string of the molecule is CCOC(=O)[C@]1(C)O[C@H]1C(O)CO. The average Bonchev–Trinajstić information content (AvgIpc) is 2.79. The van der Waals surface area contributed by atoms with Crippen LogP contribution in [0.5, 0.6) is 0 Å². The quantitative estimate of drug-likeness (QED) is 0.442. The van der Waals surface area contributed by atoms with Crippen molar-refractivity contribution >= 4 is 5.97 Å². The Morgan fingerprint density at radius 1 is 1.77 bits per heavy atom. The first-order valence-electron chi connectivity index (χ1n) is 4.20. The number of aliphatic hydroxyl groups is 2. The van der Waals surface area contributed by atoms with Gasteiger partial charge in [-0.1, -0.05) is 0 Å². The maximum Gasteiger partial charge on any atom is 0.340 e. The molecule has 1 rings (SSSR count). The standard InChI is InChI=1S/C8H14O5/c1-3-12-7(11)8(2)6(13-8)5(10)4-9/h5-6,9-10H,3-4H2,1-2H3/t5?,6-,8+/m0/s1. The van der Waals surface area contributed by atoms with E-state index in [1.54, 1.807) is 6.92 Å². The molecule has 76 valence electrons. The molecule has 0 saturated carbocycles. The molecule has 1 aliphatic heterocycles. The van der Waals surface area contributed by atoms with Gasteiger partial charge in [0.05, 0.1) is 13.2 Å². The van der Waals surface area contributed by atoms with Gasteiger partial charge in [-0.05, 0) is 13.8 Å². The number of rotatable bonds is 4. The van der Waals surface area contributed by atoms with Crippen LogP contribution in [0.1, 0.15) is 13.8 Å². The van der Waals surface area contributed by atoms with Crippen molar-refractivity contribution in [1.82, 2.24) is 0 Å². The lowest BCUT2D eigenvalue weighted by Gasteiger charge is -2.07. The van der Waals surface area contributed by atoms with E-state index in [1.807, 2.05) is 0 Å². The molecule has 1 heterocycles. The molecule has 0 amide bonds. The molecular weight excluding hydrogens is 176 g/mol. The van der Waals surface area contributed by atoms with Gasteiger partial charge in [0.1, 0.15) is 12.2 Å². The maximum absolute atomic E-state index is 11.2. The first-order valence-corrected chi connectivity index (χ1v) is 4.20. The van der Waals surface area contributed by atoms with Crippen molar-refractivity contribution < 1.29 is 24.5 Å². The molecule has 5 heteroatoms. The number of hydrogen-bond donors (Lipinski definition) is 2. The Balaban J connectivity index is 2.49. The van der Waals surface area contributed by atoms with Crippen molar-refractivity contribution in [2.45, 2.75) is 31.7 Å².